The molecule has 0 heterocycles. The minimum Gasteiger partial charge on any atom is -0.351 e. The van der Waals surface area contributed by atoms with Crippen LogP contribution in [0.15, 0.2) is 48.5 Å². The van der Waals surface area contributed by atoms with Gasteiger partial charge in [-0.3, -0.25) is 4.79 Å². The molecule has 0 saturated heterocycles. The molecule has 2 rings (SSSR count). The molecule has 0 fully saturated rings. The molecule has 30 heavy (non-hydrogen) atoms. The summed E-state index contributed by atoms with van der Waals surface area (Å²) in [6, 6.07) is 12.4. The van der Waals surface area contributed by atoms with Crippen LogP contribution in [0.4, 0.5) is 8.78 Å². The molecule has 0 bridgehead atoms. The van der Waals surface area contributed by atoms with Gasteiger partial charge in [-0.1, -0.05) is 53.7 Å². The quantitative estimate of drug-likeness (QED) is 0.478. The molecule has 164 valence electrons. The van der Waals surface area contributed by atoms with Crippen LogP contribution < -0.4 is 5.32 Å². The van der Waals surface area contributed by atoms with Crippen molar-refractivity contribution in [3.8, 4) is 0 Å². The van der Waals surface area contributed by atoms with Gasteiger partial charge in [0.05, 0.1) is 0 Å². The summed E-state index contributed by atoms with van der Waals surface area (Å²) in [5.74, 6) is 0.351. The maximum atomic E-state index is 13.6. The number of rotatable bonds is 9. The standard InChI is InChI=1S/C26H35F2NO/c1-17(2)15-24(20-7-11-22(27)12-8-20)26(18(3)4,19(5)6)16-29-25(30)21-9-13-23(28)14-10-21/h7-14,17-19,24H,15-16H2,1-6H3,(H,29,30). The van der Waals surface area contributed by atoms with Crippen LogP contribution >= 0.6 is 0 Å². The molecule has 1 unspecified atom stereocenters. The maximum absolute atomic E-state index is 13.6. The fourth-order valence-electron chi connectivity index (χ4n) is 4.77. The molecule has 2 aromatic carbocycles. The second kappa shape index (κ2) is 10.2. The first-order valence-corrected chi connectivity index (χ1v) is 10.9. The highest BCUT2D eigenvalue weighted by molar-refractivity contribution is 5.94. The molecule has 2 nitrogen and oxygen atoms in total. The largest absolute Gasteiger partial charge is 0.351 e. The number of nitrogens with one attached hydrogen (secondary N) is 1. The highest BCUT2D eigenvalue weighted by atomic mass is 19.1. The van der Waals surface area contributed by atoms with Crippen LogP contribution in [0, 0.1) is 34.8 Å². The first-order valence-electron chi connectivity index (χ1n) is 10.9. The summed E-state index contributed by atoms with van der Waals surface area (Å²) in [4.78, 5) is 12.8. The number of benzene rings is 2. The third-order valence-electron chi connectivity index (χ3n) is 6.44. The summed E-state index contributed by atoms with van der Waals surface area (Å²) in [5.41, 5.74) is 1.32. The molecule has 4 heteroatoms. The third kappa shape index (κ3) is 5.47. The van der Waals surface area contributed by atoms with E-state index in [-0.39, 0.29) is 40.7 Å². The van der Waals surface area contributed by atoms with Crippen LogP contribution in [0.5, 0.6) is 0 Å². The van der Waals surface area contributed by atoms with Crippen molar-refractivity contribution in [1.82, 2.24) is 5.32 Å². The zero-order chi connectivity index (χ0) is 22.5. The molecule has 0 radical (unpaired) electrons. The minimum absolute atomic E-state index is 0.159. The minimum atomic E-state index is -0.362. The fraction of sp³-hybridized carbons (Fsp3) is 0.500. The van der Waals surface area contributed by atoms with E-state index in [0.29, 0.717) is 18.0 Å². The average Bonchev–Trinajstić information content (AvgIpc) is 2.67. The molecule has 0 aliphatic carbocycles. The number of carbonyl (C=O) groups is 1. The highest BCUT2D eigenvalue weighted by Crippen LogP contribution is 2.50. The molecule has 0 aromatic heterocycles. The van der Waals surface area contributed by atoms with E-state index in [4.69, 9.17) is 0 Å². The second-order valence-electron chi connectivity index (χ2n) is 9.35. The summed E-state index contributed by atoms with van der Waals surface area (Å²) < 4.78 is 26.8. The predicted octanol–water partition coefficient (Wildman–Crippen LogP) is 6.82. The van der Waals surface area contributed by atoms with Crippen molar-refractivity contribution in [2.45, 2.75) is 53.9 Å². The van der Waals surface area contributed by atoms with Crippen LogP contribution in [-0.4, -0.2) is 12.5 Å². The smallest absolute Gasteiger partial charge is 0.251 e. The molecule has 0 aliphatic heterocycles. The van der Waals surface area contributed by atoms with E-state index in [1.54, 1.807) is 0 Å². The van der Waals surface area contributed by atoms with Gasteiger partial charge < -0.3 is 5.32 Å². The van der Waals surface area contributed by atoms with Gasteiger partial charge in [0.1, 0.15) is 11.6 Å². The number of halogens is 2. The van der Waals surface area contributed by atoms with E-state index in [2.05, 4.69) is 46.9 Å². The normalized spacial score (nSPS) is 13.2. The van der Waals surface area contributed by atoms with Crippen molar-refractivity contribution < 1.29 is 13.6 Å². The number of carbonyl (C=O) groups excluding carboxylic acids is 1. The Bertz CT molecular complexity index is 802. The van der Waals surface area contributed by atoms with Crippen molar-refractivity contribution in [3.05, 3.63) is 71.3 Å². The van der Waals surface area contributed by atoms with E-state index in [0.717, 1.165) is 12.0 Å². The Morgan fingerprint density at radius 3 is 1.73 bits per heavy atom. The van der Waals surface area contributed by atoms with E-state index in [9.17, 15) is 13.6 Å². The maximum Gasteiger partial charge on any atom is 0.251 e. The highest BCUT2D eigenvalue weighted by Gasteiger charge is 2.45. The molecule has 0 spiro atoms. The number of hydrogen-bond donors (Lipinski definition) is 1. The first-order chi connectivity index (χ1) is 14.1. The fourth-order valence-corrected chi connectivity index (χ4v) is 4.77. The lowest BCUT2D eigenvalue weighted by molar-refractivity contribution is 0.0552. The molecule has 0 aliphatic rings. The second-order valence-corrected chi connectivity index (χ2v) is 9.35. The third-order valence-corrected chi connectivity index (χ3v) is 6.44. The van der Waals surface area contributed by atoms with Gasteiger partial charge in [-0.15, -0.1) is 0 Å². The first kappa shape index (κ1) is 24.0. The van der Waals surface area contributed by atoms with Crippen LogP contribution in [0.3, 0.4) is 0 Å². The summed E-state index contributed by atoms with van der Waals surface area (Å²) >= 11 is 0. The van der Waals surface area contributed by atoms with E-state index in [1.807, 2.05) is 12.1 Å². The molecule has 1 atom stereocenters. The summed E-state index contributed by atoms with van der Waals surface area (Å²) in [5, 5.41) is 3.12. The average molecular weight is 416 g/mol. The molecular weight excluding hydrogens is 380 g/mol. The number of hydrogen-bond acceptors (Lipinski definition) is 1. The Kier molecular flexibility index (Phi) is 8.17. The summed E-state index contributed by atoms with van der Waals surface area (Å²) in [6.07, 6.45) is 0.939. The van der Waals surface area contributed by atoms with Gasteiger partial charge in [-0.05, 0) is 77.5 Å². The summed E-state index contributed by atoms with van der Waals surface area (Å²) in [6.45, 7) is 13.7. The molecular formula is C26H35F2NO. The van der Waals surface area contributed by atoms with Crippen molar-refractivity contribution in [3.63, 3.8) is 0 Å². The van der Waals surface area contributed by atoms with Crippen LogP contribution in [0.25, 0.3) is 0 Å². The Labute approximate surface area is 180 Å². The topological polar surface area (TPSA) is 29.1 Å². The Hall–Kier alpha value is -2.23. The van der Waals surface area contributed by atoms with E-state index in [1.165, 1.54) is 36.4 Å². The van der Waals surface area contributed by atoms with Crippen LogP contribution in [-0.2, 0) is 0 Å². The molecule has 1 N–H and O–H groups in total. The Morgan fingerprint density at radius 1 is 0.833 bits per heavy atom. The molecule has 2 aromatic rings. The van der Waals surface area contributed by atoms with Gasteiger partial charge in [-0.25, -0.2) is 8.78 Å². The van der Waals surface area contributed by atoms with Gasteiger partial charge in [-0.2, -0.15) is 0 Å². The lowest BCUT2D eigenvalue weighted by Gasteiger charge is -2.49. The Morgan fingerprint density at radius 2 is 1.30 bits per heavy atom. The van der Waals surface area contributed by atoms with Gasteiger partial charge >= 0.3 is 0 Å². The van der Waals surface area contributed by atoms with Crippen LogP contribution in [0.2, 0.25) is 0 Å². The lowest BCUT2D eigenvalue weighted by Crippen LogP contribution is -2.49. The monoisotopic (exact) mass is 415 g/mol. The van der Waals surface area contributed by atoms with E-state index < -0.39 is 0 Å². The Balaban J connectivity index is 2.42. The molecule has 1 amide bonds. The zero-order valence-electron chi connectivity index (χ0n) is 19.0. The van der Waals surface area contributed by atoms with Gasteiger partial charge in [0.2, 0.25) is 0 Å². The number of amides is 1. The van der Waals surface area contributed by atoms with Crippen molar-refractivity contribution in [2.75, 3.05) is 6.54 Å². The van der Waals surface area contributed by atoms with Crippen molar-refractivity contribution in [2.24, 2.45) is 23.2 Å². The van der Waals surface area contributed by atoms with Crippen molar-refractivity contribution in [1.29, 1.82) is 0 Å². The van der Waals surface area contributed by atoms with Crippen molar-refractivity contribution >= 4 is 5.91 Å². The summed E-state index contributed by atoms with van der Waals surface area (Å²) in [7, 11) is 0. The lowest BCUT2D eigenvalue weighted by atomic mass is 9.57. The predicted molar refractivity (Wildman–Crippen MR) is 119 cm³/mol. The van der Waals surface area contributed by atoms with Crippen LogP contribution in [0.1, 0.15) is 69.8 Å². The van der Waals surface area contributed by atoms with Gasteiger partial charge in [0, 0.05) is 12.1 Å². The molecule has 0 saturated carbocycles. The van der Waals surface area contributed by atoms with E-state index >= 15 is 0 Å². The zero-order valence-corrected chi connectivity index (χ0v) is 19.0. The van der Waals surface area contributed by atoms with Gasteiger partial charge in [0.25, 0.3) is 5.91 Å². The SMILES string of the molecule is CC(C)CC(c1ccc(F)cc1)C(CNC(=O)c1ccc(F)cc1)(C(C)C)C(C)C. The van der Waals surface area contributed by atoms with Gasteiger partial charge in [0.15, 0.2) is 0 Å².